The standard InChI is InChI=1S/C17H20N2O3/c1-2-10-18-15(20)11-16(21)19-12-17(22)9-5-7-13-6-3-4-8-14(13)17/h1,3-4,6,8,22H,5,7,9-12H2,(H,18,20)(H,19,21). The zero-order valence-electron chi connectivity index (χ0n) is 12.4. The van der Waals surface area contributed by atoms with Crippen LogP contribution in [-0.4, -0.2) is 30.0 Å². The molecule has 0 saturated heterocycles. The number of aliphatic hydroxyl groups is 1. The van der Waals surface area contributed by atoms with Crippen molar-refractivity contribution in [3.05, 3.63) is 35.4 Å². The van der Waals surface area contributed by atoms with Gasteiger partial charge < -0.3 is 15.7 Å². The van der Waals surface area contributed by atoms with Gasteiger partial charge in [0.25, 0.3) is 0 Å². The molecule has 0 radical (unpaired) electrons. The summed E-state index contributed by atoms with van der Waals surface area (Å²) in [5.74, 6) is 1.42. The van der Waals surface area contributed by atoms with Crippen LogP contribution >= 0.6 is 0 Å². The fourth-order valence-electron chi connectivity index (χ4n) is 2.75. The third-order valence-corrected chi connectivity index (χ3v) is 3.84. The van der Waals surface area contributed by atoms with E-state index in [1.807, 2.05) is 24.3 Å². The number of nitrogens with one attached hydrogen (secondary N) is 2. The van der Waals surface area contributed by atoms with Gasteiger partial charge in [0.15, 0.2) is 0 Å². The number of carbonyl (C=O) groups is 2. The van der Waals surface area contributed by atoms with E-state index in [2.05, 4.69) is 16.6 Å². The second-order valence-corrected chi connectivity index (χ2v) is 5.48. The molecule has 5 nitrogen and oxygen atoms in total. The highest BCUT2D eigenvalue weighted by Gasteiger charge is 2.34. The Kier molecular flexibility index (Phi) is 5.18. The molecule has 5 heteroatoms. The highest BCUT2D eigenvalue weighted by molar-refractivity contribution is 5.96. The number of terminal acetylenes is 1. The highest BCUT2D eigenvalue weighted by Crippen LogP contribution is 2.34. The molecule has 1 aliphatic carbocycles. The molecule has 0 bridgehead atoms. The largest absolute Gasteiger partial charge is 0.383 e. The van der Waals surface area contributed by atoms with E-state index >= 15 is 0 Å². The fourth-order valence-corrected chi connectivity index (χ4v) is 2.75. The van der Waals surface area contributed by atoms with Gasteiger partial charge in [0.05, 0.1) is 13.1 Å². The fraction of sp³-hybridized carbons (Fsp3) is 0.412. The maximum Gasteiger partial charge on any atom is 0.230 e. The summed E-state index contributed by atoms with van der Waals surface area (Å²) in [6.07, 6.45) is 7.13. The molecule has 2 rings (SSSR count). The molecule has 1 aliphatic rings. The molecule has 3 N–H and O–H groups in total. The van der Waals surface area contributed by atoms with E-state index < -0.39 is 17.4 Å². The van der Waals surface area contributed by atoms with Crippen LogP contribution in [0.25, 0.3) is 0 Å². The van der Waals surface area contributed by atoms with Gasteiger partial charge in [-0.05, 0) is 30.4 Å². The average molecular weight is 300 g/mol. The maximum absolute atomic E-state index is 11.8. The second kappa shape index (κ2) is 7.10. The Morgan fingerprint density at radius 2 is 2.00 bits per heavy atom. The minimum atomic E-state index is -1.07. The van der Waals surface area contributed by atoms with Crippen molar-refractivity contribution in [2.45, 2.75) is 31.3 Å². The number of rotatable bonds is 5. The molecule has 22 heavy (non-hydrogen) atoms. The Hall–Kier alpha value is -2.32. The molecule has 1 aromatic rings. The first kappa shape index (κ1) is 16.1. The van der Waals surface area contributed by atoms with Crippen molar-refractivity contribution in [1.82, 2.24) is 10.6 Å². The average Bonchev–Trinajstić information content (AvgIpc) is 2.52. The molecule has 0 aromatic heterocycles. The number of benzene rings is 1. The van der Waals surface area contributed by atoms with E-state index in [0.717, 1.165) is 24.0 Å². The molecular formula is C17H20N2O3. The quantitative estimate of drug-likeness (QED) is 0.546. The predicted molar refractivity (Wildman–Crippen MR) is 82.7 cm³/mol. The van der Waals surface area contributed by atoms with Crippen LogP contribution in [0.3, 0.4) is 0 Å². The molecule has 1 unspecified atom stereocenters. The molecule has 2 amide bonds. The molecule has 0 aliphatic heterocycles. The molecule has 116 valence electrons. The van der Waals surface area contributed by atoms with Crippen LogP contribution in [0.5, 0.6) is 0 Å². The van der Waals surface area contributed by atoms with Gasteiger partial charge in [-0.25, -0.2) is 0 Å². The van der Waals surface area contributed by atoms with Crippen LogP contribution in [0.15, 0.2) is 24.3 Å². The zero-order valence-corrected chi connectivity index (χ0v) is 12.4. The first-order valence-electron chi connectivity index (χ1n) is 7.33. The van der Waals surface area contributed by atoms with Crippen molar-refractivity contribution in [3.63, 3.8) is 0 Å². The molecule has 1 atom stereocenters. The molecule has 0 spiro atoms. The van der Waals surface area contributed by atoms with E-state index in [1.165, 1.54) is 0 Å². The molecule has 0 fully saturated rings. The first-order chi connectivity index (χ1) is 10.5. The third kappa shape index (κ3) is 3.86. The number of hydrogen-bond donors (Lipinski definition) is 3. The second-order valence-electron chi connectivity index (χ2n) is 5.48. The van der Waals surface area contributed by atoms with Crippen LogP contribution in [0.2, 0.25) is 0 Å². The number of fused-ring (bicyclic) bond motifs is 1. The van der Waals surface area contributed by atoms with Crippen molar-refractivity contribution in [1.29, 1.82) is 0 Å². The van der Waals surface area contributed by atoms with Gasteiger partial charge in [0, 0.05) is 0 Å². The van der Waals surface area contributed by atoms with Gasteiger partial charge in [0.1, 0.15) is 12.0 Å². The lowest BCUT2D eigenvalue weighted by Gasteiger charge is -2.34. The summed E-state index contributed by atoms with van der Waals surface area (Å²) < 4.78 is 0. The summed E-state index contributed by atoms with van der Waals surface area (Å²) in [7, 11) is 0. The summed E-state index contributed by atoms with van der Waals surface area (Å²) in [5, 5.41) is 15.9. The number of hydrogen-bond acceptors (Lipinski definition) is 3. The third-order valence-electron chi connectivity index (χ3n) is 3.84. The lowest BCUT2D eigenvalue weighted by molar-refractivity contribution is -0.130. The molecule has 0 saturated carbocycles. The lowest BCUT2D eigenvalue weighted by Crippen LogP contribution is -2.44. The van der Waals surface area contributed by atoms with E-state index in [9.17, 15) is 14.7 Å². The van der Waals surface area contributed by atoms with Gasteiger partial charge in [-0.1, -0.05) is 30.2 Å². The number of amides is 2. The van der Waals surface area contributed by atoms with E-state index in [0.29, 0.717) is 6.42 Å². The summed E-state index contributed by atoms with van der Waals surface area (Å²) in [6.45, 7) is 0.203. The van der Waals surface area contributed by atoms with Crippen LogP contribution < -0.4 is 10.6 Å². The Bertz CT molecular complexity index is 606. The summed E-state index contributed by atoms with van der Waals surface area (Å²) in [5.41, 5.74) is 0.898. The van der Waals surface area contributed by atoms with Gasteiger partial charge in [-0.2, -0.15) is 0 Å². The van der Waals surface area contributed by atoms with Gasteiger partial charge in [-0.15, -0.1) is 6.42 Å². The van der Waals surface area contributed by atoms with Crippen molar-refractivity contribution in [3.8, 4) is 12.3 Å². The molecular weight excluding hydrogens is 280 g/mol. The Labute approximate surface area is 130 Å². The Morgan fingerprint density at radius 3 is 2.77 bits per heavy atom. The van der Waals surface area contributed by atoms with E-state index in [-0.39, 0.29) is 19.5 Å². The smallest absolute Gasteiger partial charge is 0.230 e. The number of aryl methyl sites for hydroxylation is 1. The lowest BCUT2D eigenvalue weighted by atomic mass is 9.79. The van der Waals surface area contributed by atoms with Crippen molar-refractivity contribution < 1.29 is 14.7 Å². The van der Waals surface area contributed by atoms with Crippen molar-refractivity contribution in [2.75, 3.05) is 13.1 Å². The minimum Gasteiger partial charge on any atom is -0.383 e. The van der Waals surface area contributed by atoms with E-state index in [1.54, 1.807) is 0 Å². The highest BCUT2D eigenvalue weighted by atomic mass is 16.3. The summed E-state index contributed by atoms with van der Waals surface area (Å²) in [6, 6.07) is 7.71. The van der Waals surface area contributed by atoms with Crippen LogP contribution in [-0.2, 0) is 21.6 Å². The van der Waals surface area contributed by atoms with Crippen molar-refractivity contribution >= 4 is 11.8 Å². The molecule has 1 aromatic carbocycles. The maximum atomic E-state index is 11.8. The SMILES string of the molecule is C#CCNC(=O)CC(=O)NCC1(O)CCCc2ccccc21. The Morgan fingerprint density at radius 1 is 1.27 bits per heavy atom. The van der Waals surface area contributed by atoms with Crippen molar-refractivity contribution in [2.24, 2.45) is 0 Å². The van der Waals surface area contributed by atoms with Crippen LogP contribution in [0.4, 0.5) is 0 Å². The van der Waals surface area contributed by atoms with E-state index in [4.69, 9.17) is 6.42 Å². The van der Waals surface area contributed by atoms with Crippen LogP contribution in [0.1, 0.15) is 30.4 Å². The Balaban J connectivity index is 1.93. The normalized spacial score (nSPS) is 19.6. The number of carbonyl (C=O) groups excluding carboxylic acids is 2. The van der Waals surface area contributed by atoms with Crippen LogP contribution in [0, 0.1) is 12.3 Å². The minimum absolute atomic E-state index is 0.101. The monoisotopic (exact) mass is 300 g/mol. The topological polar surface area (TPSA) is 78.4 Å². The molecule has 0 heterocycles. The van der Waals surface area contributed by atoms with Gasteiger partial charge in [0.2, 0.25) is 11.8 Å². The summed E-state index contributed by atoms with van der Waals surface area (Å²) >= 11 is 0. The summed E-state index contributed by atoms with van der Waals surface area (Å²) in [4.78, 5) is 23.2. The van der Waals surface area contributed by atoms with Gasteiger partial charge >= 0.3 is 0 Å². The van der Waals surface area contributed by atoms with Gasteiger partial charge in [-0.3, -0.25) is 9.59 Å². The zero-order chi connectivity index (χ0) is 16.0. The predicted octanol–water partition coefficient (Wildman–Crippen LogP) is 0.466. The first-order valence-corrected chi connectivity index (χ1v) is 7.33.